The van der Waals surface area contributed by atoms with E-state index in [1.165, 1.54) is 10.6 Å². The molecule has 2 rings (SSSR count). The maximum atomic E-state index is 10.9. The molecular formula is C5H4N4O. The van der Waals surface area contributed by atoms with Gasteiger partial charge in [-0.2, -0.15) is 9.73 Å². The zero-order chi connectivity index (χ0) is 6.97. The number of rotatable bonds is 0. The summed E-state index contributed by atoms with van der Waals surface area (Å²) in [5.74, 6) is 0. The standard InChI is InChI=1S/C5H4N4O/c10-5-3-1-2-4-6-7-8-9(4)5/h1-3H,(H,6,8). The average Bonchev–Trinajstić information content (AvgIpc) is 2.36. The molecule has 0 saturated carbocycles. The molecule has 0 aliphatic rings. The lowest BCUT2D eigenvalue weighted by molar-refractivity contribution is 0.804. The fraction of sp³-hybridized carbons (Fsp3) is 0. The predicted octanol–water partition coefficient (Wildman–Crippen LogP) is -0.582. The van der Waals surface area contributed by atoms with E-state index in [-0.39, 0.29) is 5.56 Å². The van der Waals surface area contributed by atoms with Crippen LogP contribution in [0.3, 0.4) is 0 Å². The number of hydrogen-bond donors (Lipinski definition) is 1. The van der Waals surface area contributed by atoms with Crippen LogP contribution in [-0.2, 0) is 0 Å². The Morgan fingerprint density at radius 1 is 1.50 bits per heavy atom. The first-order valence-electron chi connectivity index (χ1n) is 2.77. The summed E-state index contributed by atoms with van der Waals surface area (Å²) in [5.41, 5.74) is 0.384. The molecule has 0 spiro atoms. The van der Waals surface area contributed by atoms with Crippen molar-refractivity contribution in [2.45, 2.75) is 0 Å². The molecular weight excluding hydrogens is 132 g/mol. The van der Waals surface area contributed by atoms with Crippen LogP contribution in [-0.4, -0.2) is 20.0 Å². The van der Waals surface area contributed by atoms with E-state index < -0.39 is 0 Å². The second-order valence-electron chi connectivity index (χ2n) is 1.86. The lowest BCUT2D eigenvalue weighted by Crippen LogP contribution is -2.11. The minimum atomic E-state index is -0.150. The van der Waals surface area contributed by atoms with Gasteiger partial charge in [-0.05, 0) is 6.07 Å². The second kappa shape index (κ2) is 1.66. The Labute approximate surface area is 55.3 Å². The van der Waals surface area contributed by atoms with Gasteiger partial charge in [0.05, 0.1) is 0 Å². The minimum Gasteiger partial charge on any atom is -0.267 e. The van der Waals surface area contributed by atoms with Gasteiger partial charge in [-0.25, -0.2) is 0 Å². The summed E-state index contributed by atoms with van der Waals surface area (Å²) in [4.78, 5) is 10.9. The van der Waals surface area contributed by atoms with E-state index in [0.717, 1.165) is 0 Å². The molecule has 0 bridgehead atoms. The SMILES string of the molecule is O=c1cccc2nn[nH]n12. The Morgan fingerprint density at radius 3 is 3.20 bits per heavy atom. The van der Waals surface area contributed by atoms with Crippen LogP contribution in [0.25, 0.3) is 5.65 Å². The highest BCUT2D eigenvalue weighted by molar-refractivity contribution is 5.33. The molecule has 2 heterocycles. The molecule has 0 atom stereocenters. The first-order valence-corrected chi connectivity index (χ1v) is 2.77. The van der Waals surface area contributed by atoms with Crippen molar-refractivity contribution in [2.24, 2.45) is 0 Å². The van der Waals surface area contributed by atoms with Gasteiger partial charge >= 0.3 is 0 Å². The fourth-order valence-corrected chi connectivity index (χ4v) is 0.775. The van der Waals surface area contributed by atoms with E-state index in [4.69, 9.17) is 0 Å². The molecule has 10 heavy (non-hydrogen) atoms. The van der Waals surface area contributed by atoms with Gasteiger partial charge < -0.3 is 0 Å². The first-order chi connectivity index (χ1) is 4.88. The molecule has 2 aromatic rings. The van der Waals surface area contributed by atoms with Crippen molar-refractivity contribution in [1.29, 1.82) is 0 Å². The number of tetrazole rings is 1. The van der Waals surface area contributed by atoms with Crippen LogP contribution >= 0.6 is 0 Å². The van der Waals surface area contributed by atoms with Crippen LogP contribution in [0.2, 0.25) is 0 Å². The number of nitrogens with zero attached hydrogens (tertiary/aromatic N) is 3. The van der Waals surface area contributed by atoms with E-state index in [1.807, 2.05) is 0 Å². The molecule has 1 N–H and O–H groups in total. The fourth-order valence-electron chi connectivity index (χ4n) is 0.775. The average molecular weight is 136 g/mol. The normalized spacial score (nSPS) is 10.4. The molecule has 0 saturated heterocycles. The Hall–Kier alpha value is -1.65. The Balaban J connectivity index is 3.09. The van der Waals surface area contributed by atoms with Crippen LogP contribution in [0.15, 0.2) is 23.0 Å². The van der Waals surface area contributed by atoms with Gasteiger partial charge in [-0.1, -0.05) is 11.3 Å². The summed E-state index contributed by atoms with van der Waals surface area (Å²) >= 11 is 0. The van der Waals surface area contributed by atoms with Gasteiger partial charge in [0, 0.05) is 6.07 Å². The topological polar surface area (TPSA) is 63.0 Å². The molecule has 50 valence electrons. The summed E-state index contributed by atoms with van der Waals surface area (Å²) < 4.78 is 1.26. The van der Waals surface area contributed by atoms with Crippen molar-refractivity contribution in [3.05, 3.63) is 28.6 Å². The molecule has 5 nitrogen and oxygen atoms in total. The summed E-state index contributed by atoms with van der Waals surface area (Å²) in [6.07, 6.45) is 0. The first kappa shape index (κ1) is 5.16. The molecule has 0 aromatic carbocycles. The number of aromatic amines is 1. The van der Waals surface area contributed by atoms with Crippen molar-refractivity contribution in [3.8, 4) is 0 Å². The maximum Gasteiger partial charge on any atom is 0.272 e. The van der Waals surface area contributed by atoms with Crippen molar-refractivity contribution < 1.29 is 0 Å². The van der Waals surface area contributed by atoms with Gasteiger partial charge in [-0.3, -0.25) is 4.79 Å². The summed E-state index contributed by atoms with van der Waals surface area (Å²) in [7, 11) is 0. The van der Waals surface area contributed by atoms with Gasteiger partial charge in [0.2, 0.25) is 0 Å². The largest absolute Gasteiger partial charge is 0.272 e. The third kappa shape index (κ3) is 0.540. The third-order valence-electron chi connectivity index (χ3n) is 1.23. The summed E-state index contributed by atoms with van der Waals surface area (Å²) in [6, 6.07) is 4.78. The monoisotopic (exact) mass is 136 g/mol. The second-order valence-corrected chi connectivity index (χ2v) is 1.86. The molecule has 0 aliphatic carbocycles. The molecule has 0 amide bonds. The molecule has 0 fully saturated rings. The lowest BCUT2D eigenvalue weighted by Gasteiger charge is -1.83. The minimum absolute atomic E-state index is 0.150. The zero-order valence-corrected chi connectivity index (χ0v) is 4.98. The Morgan fingerprint density at radius 2 is 2.40 bits per heavy atom. The zero-order valence-electron chi connectivity index (χ0n) is 4.98. The van der Waals surface area contributed by atoms with E-state index in [9.17, 15) is 4.79 Å². The van der Waals surface area contributed by atoms with Gasteiger partial charge in [0.25, 0.3) is 5.56 Å². The number of pyridine rings is 1. The van der Waals surface area contributed by atoms with Crippen molar-refractivity contribution in [2.75, 3.05) is 0 Å². The van der Waals surface area contributed by atoms with E-state index in [1.54, 1.807) is 12.1 Å². The van der Waals surface area contributed by atoms with Gasteiger partial charge in [0.15, 0.2) is 5.65 Å². The number of hydrogen-bond acceptors (Lipinski definition) is 3. The smallest absolute Gasteiger partial charge is 0.267 e. The Bertz CT molecular complexity index is 401. The van der Waals surface area contributed by atoms with Crippen molar-refractivity contribution >= 4 is 5.65 Å². The highest BCUT2D eigenvalue weighted by Gasteiger charge is 1.93. The van der Waals surface area contributed by atoms with Crippen LogP contribution in [0, 0.1) is 0 Å². The molecule has 0 radical (unpaired) electrons. The summed E-state index contributed by atoms with van der Waals surface area (Å²) in [6.45, 7) is 0. The van der Waals surface area contributed by atoms with E-state index in [0.29, 0.717) is 5.65 Å². The van der Waals surface area contributed by atoms with Gasteiger partial charge in [0.1, 0.15) is 0 Å². The number of H-pyrrole nitrogens is 1. The maximum absolute atomic E-state index is 10.9. The summed E-state index contributed by atoms with van der Waals surface area (Å²) in [5, 5.41) is 9.52. The van der Waals surface area contributed by atoms with Crippen LogP contribution in [0.1, 0.15) is 0 Å². The van der Waals surface area contributed by atoms with E-state index >= 15 is 0 Å². The number of aromatic nitrogens is 4. The highest BCUT2D eigenvalue weighted by atomic mass is 16.1. The predicted molar refractivity (Wildman–Crippen MR) is 33.6 cm³/mol. The highest BCUT2D eigenvalue weighted by Crippen LogP contribution is 1.86. The van der Waals surface area contributed by atoms with Crippen molar-refractivity contribution in [1.82, 2.24) is 20.0 Å². The molecule has 0 unspecified atom stereocenters. The molecule has 5 heteroatoms. The van der Waals surface area contributed by atoms with Crippen molar-refractivity contribution in [3.63, 3.8) is 0 Å². The lowest BCUT2D eigenvalue weighted by atomic mass is 10.5. The molecule has 2 aromatic heterocycles. The number of fused-ring (bicyclic) bond motifs is 1. The van der Waals surface area contributed by atoms with Crippen LogP contribution < -0.4 is 5.56 Å². The quantitative estimate of drug-likeness (QED) is 0.526. The Kier molecular flexibility index (Phi) is 0.858. The van der Waals surface area contributed by atoms with Crippen LogP contribution in [0.5, 0.6) is 0 Å². The third-order valence-corrected chi connectivity index (χ3v) is 1.23. The van der Waals surface area contributed by atoms with E-state index in [2.05, 4.69) is 15.5 Å². The number of nitrogens with one attached hydrogen (secondary N) is 1. The van der Waals surface area contributed by atoms with Crippen LogP contribution in [0.4, 0.5) is 0 Å². The van der Waals surface area contributed by atoms with Gasteiger partial charge in [-0.15, -0.1) is 5.10 Å². The molecule has 0 aliphatic heterocycles.